The van der Waals surface area contributed by atoms with E-state index >= 15 is 0 Å². The summed E-state index contributed by atoms with van der Waals surface area (Å²) < 4.78 is 58.4. The first-order valence-corrected chi connectivity index (χ1v) is 21.1. The minimum Gasteiger partial charge on any atom is -0.461 e. The van der Waals surface area contributed by atoms with E-state index in [4.69, 9.17) is 28.2 Å². The Balaban J connectivity index is 1.66. The molecule has 0 aromatic heterocycles. The lowest BCUT2D eigenvalue weighted by Crippen LogP contribution is -2.77. The lowest BCUT2D eigenvalue weighted by atomic mass is 9.85. The molecule has 22 nitrogen and oxygen atoms in total. The lowest BCUT2D eigenvalue weighted by molar-refractivity contribution is -0.255. The molecule has 0 spiro atoms. The Kier molecular flexibility index (Phi) is 16.2. The lowest BCUT2D eigenvalue weighted by Gasteiger charge is -2.54. The smallest absolute Gasteiger partial charge is 0.402 e. The summed E-state index contributed by atoms with van der Waals surface area (Å²) in [6, 6.07) is 17.5. The fourth-order valence-electron chi connectivity index (χ4n) is 6.06. The highest BCUT2D eigenvalue weighted by molar-refractivity contribution is 8.00. The molecular formula is C33H41N5O17P2S. The maximum atomic E-state index is 14.2. The van der Waals surface area contributed by atoms with E-state index in [1.165, 1.54) is 0 Å². The fourth-order valence-corrected chi connectivity index (χ4v) is 11.4. The summed E-state index contributed by atoms with van der Waals surface area (Å²) in [6.45, 7) is 1.06. The molecule has 58 heavy (non-hydrogen) atoms. The van der Waals surface area contributed by atoms with Crippen LogP contribution in [0.1, 0.15) is 43.9 Å². The van der Waals surface area contributed by atoms with E-state index in [0.717, 1.165) is 58.9 Å². The number of azide groups is 1. The minimum atomic E-state index is -4.87. The number of nitrogens with zero attached hydrogens (tertiary/aromatic N) is 5. The van der Waals surface area contributed by atoms with Gasteiger partial charge >= 0.3 is 27.1 Å². The van der Waals surface area contributed by atoms with Crippen LogP contribution in [0.5, 0.6) is 0 Å². The van der Waals surface area contributed by atoms with Crippen LogP contribution in [0.2, 0.25) is 0 Å². The van der Waals surface area contributed by atoms with E-state index < -0.39 is 86.9 Å². The van der Waals surface area contributed by atoms with Crippen molar-refractivity contribution in [1.29, 1.82) is 0 Å². The molecule has 2 atom stereocenters. The maximum absolute atomic E-state index is 14.2. The molecule has 0 aliphatic carbocycles. The molecule has 2 unspecified atom stereocenters. The predicted octanol–water partition coefficient (Wildman–Crippen LogP) is 5.51. The van der Waals surface area contributed by atoms with Crippen LogP contribution in [-0.2, 0) is 76.0 Å². The fraction of sp³-hybridized carbons (Fsp3) is 0.455. The molecule has 0 radical (unpaired) electrons. The molecule has 1 N–H and O–H groups in total. The van der Waals surface area contributed by atoms with E-state index in [0.29, 0.717) is 11.1 Å². The zero-order valence-electron chi connectivity index (χ0n) is 32.0. The second kappa shape index (κ2) is 20.2. The maximum Gasteiger partial charge on any atom is 0.402 e. The van der Waals surface area contributed by atoms with E-state index in [2.05, 4.69) is 29.6 Å². The van der Waals surface area contributed by atoms with Crippen LogP contribution in [0.3, 0.4) is 0 Å². The van der Waals surface area contributed by atoms with Crippen molar-refractivity contribution in [3.05, 3.63) is 93.5 Å². The average Bonchev–Trinajstić information content (AvgIpc) is 3.21. The van der Waals surface area contributed by atoms with Gasteiger partial charge in [0.05, 0.1) is 28.4 Å². The highest BCUT2D eigenvalue weighted by atomic mass is 32.2. The molecule has 2 heterocycles. The standard InChI is InChI=1S/C33H41N5O17P2S/c1-22(39)50-20-25-21-58-31-33(35-36-34,30(42)38(31)26(25)28(40)51-27(23-14-9-7-10-15-23)24-16-11-8-12-17-24)29(41)37(43)19-13-18-32(2,56(44,52-46-3)53-47-4)57(45,54-48-5)55-49-6/h7-12,14-17,27,31,43H,13,18-21H2,1-6H3. The molecule has 316 valence electrons. The molecule has 1 fully saturated rings. The molecule has 0 bridgehead atoms. The highest BCUT2D eigenvalue weighted by Crippen LogP contribution is 2.79. The number of fused-ring (bicyclic) bond motifs is 1. The Morgan fingerprint density at radius 3 is 1.91 bits per heavy atom. The molecule has 1 saturated heterocycles. The van der Waals surface area contributed by atoms with Crippen molar-refractivity contribution >= 4 is 50.7 Å². The SMILES string of the molecule is COOP(=O)(OOC)C(C)(CCCN(O)C(=O)C1(N=[N+]=[N-])C(=O)N2C(C(=O)OC(c3ccccc3)c3ccccc3)=C(COC(C)=O)CSC21)P(=O)(OOC)OOC. The van der Waals surface area contributed by atoms with Crippen molar-refractivity contribution in [2.75, 3.05) is 47.3 Å². The number of esters is 2. The number of benzene rings is 2. The van der Waals surface area contributed by atoms with Crippen LogP contribution in [0.15, 0.2) is 77.0 Å². The normalized spacial score (nSPS) is 18.2. The van der Waals surface area contributed by atoms with Crippen LogP contribution in [0.4, 0.5) is 0 Å². The molecule has 2 amide bonds. The largest absolute Gasteiger partial charge is 0.461 e. The number of β-lactam (4-membered cyclic amide) rings is 1. The van der Waals surface area contributed by atoms with Gasteiger partial charge in [-0.2, -0.15) is 0 Å². The van der Waals surface area contributed by atoms with Gasteiger partial charge in [0.2, 0.25) is 5.54 Å². The van der Waals surface area contributed by atoms with Crippen LogP contribution in [0, 0.1) is 0 Å². The summed E-state index contributed by atoms with van der Waals surface area (Å²) in [5, 5.41) is 13.3. The van der Waals surface area contributed by atoms with Crippen LogP contribution < -0.4 is 0 Å². The highest BCUT2D eigenvalue weighted by Gasteiger charge is 2.70. The summed E-state index contributed by atoms with van der Waals surface area (Å²) >= 11 is 0.888. The van der Waals surface area contributed by atoms with Crippen molar-refractivity contribution in [2.24, 2.45) is 5.11 Å². The monoisotopic (exact) mass is 873 g/mol. The number of rotatable bonds is 22. The topological polar surface area (TPSA) is 270 Å². The van der Waals surface area contributed by atoms with E-state index in [1.807, 2.05) is 0 Å². The first-order valence-electron chi connectivity index (χ1n) is 16.9. The van der Waals surface area contributed by atoms with Gasteiger partial charge in [0.1, 0.15) is 17.7 Å². The van der Waals surface area contributed by atoms with E-state index in [1.54, 1.807) is 60.7 Å². The van der Waals surface area contributed by atoms with Gasteiger partial charge in [-0.05, 0) is 36.4 Å². The number of hydroxylamine groups is 2. The summed E-state index contributed by atoms with van der Waals surface area (Å²) in [5.41, 5.74) is 7.94. The van der Waals surface area contributed by atoms with E-state index in [9.17, 15) is 39.0 Å². The van der Waals surface area contributed by atoms with Gasteiger partial charge in [0, 0.05) is 29.7 Å². The average molecular weight is 874 g/mol. The first kappa shape index (κ1) is 46.5. The number of hydrogen-bond acceptors (Lipinski definition) is 19. The molecule has 2 aliphatic heterocycles. The molecule has 0 saturated carbocycles. The minimum absolute atomic E-state index is 0.0559. The van der Waals surface area contributed by atoms with Crippen LogP contribution >= 0.6 is 27.0 Å². The van der Waals surface area contributed by atoms with Gasteiger partial charge in [0.15, 0.2) is 11.0 Å². The van der Waals surface area contributed by atoms with Gasteiger partial charge in [-0.1, -0.05) is 65.8 Å². The van der Waals surface area contributed by atoms with Crippen molar-refractivity contribution in [2.45, 2.75) is 48.6 Å². The van der Waals surface area contributed by atoms with E-state index in [-0.39, 0.29) is 22.1 Å². The number of amides is 2. The number of thioether (sulfide) groups is 1. The number of ether oxygens (including phenoxy) is 2. The molecule has 25 heteroatoms. The third-order valence-electron chi connectivity index (χ3n) is 8.85. The van der Waals surface area contributed by atoms with Gasteiger partial charge in [-0.15, -0.1) is 30.5 Å². The van der Waals surface area contributed by atoms with Gasteiger partial charge in [-0.3, -0.25) is 33.6 Å². The Bertz CT molecular complexity index is 1900. The summed E-state index contributed by atoms with van der Waals surface area (Å²) in [5.74, 6) is -4.45. The van der Waals surface area contributed by atoms with Gasteiger partial charge < -0.3 is 9.47 Å². The quantitative estimate of drug-likeness (QED) is 0.0146. The zero-order valence-corrected chi connectivity index (χ0v) is 34.6. The van der Waals surface area contributed by atoms with Crippen LogP contribution in [-0.4, -0.2) is 102 Å². The summed E-state index contributed by atoms with van der Waals surface area (Å²) in [4.78, 5) is 73.7. The predicted molar refractivity (Wildman–Crippen MR) is 198 cm³/mol. The Morgan fingerprint density at radius 2 is 1.47 bits per heavy atom. The summed E-state index contributed by atoms with van der Waals surface area (Å²) in [7, 11) is -5.90. The molecular weight excluding hydrogens is 832 g/mol. The van der Waals surface area contributed by atoms with Gasteiger partial charge in [-0.25, -0.2) is 29.4 Å². The zero-order chi connectivity index (χ0) is 42.7. The number of carbonyl (C=O) groups is 4. The molecule has 2 aromatic carbocycles. The van der Waals surface area contributed by atoms with Crippen molar-refractivity contribution in [1.82, 2.24) is 9.96 Å². The number of carbonyl (C=O) groups excluding carboxylic acids is 4. The summed E-state index contributed by atoms with van der Waals surface area (Å²) in [6.07, 6.45) is -2.01. The second-order valence-corrected chi connectivity index (χ2v) is 18.3. The van der Waals surface area contributed by atoms with Gasteiger partial charge in [0.25, 0.3) is 11.8 Å². The third-order valence-corrected chi connectivity index (χ3v) is 15.9. The Hall–Kier alpha value is -4.18. The Labute approximate surface area is 335 Å². The molecule has 2 aromatic rings. The van der Waals surface area contributed by atoms with Crippen LogP contribution in [0.25, 0.3) is 10.4 Å². The Morgan fingerprint density at radius 1 is 0.966 bits per heavy atom. The number of hydrogen-bond donors (Lipinski definition) is 1. The molecule has 2 aliphatic rings. The second-order valence-electron chi connectivity index (χ2n) is 12.3. The first-order chi connectivity index (χ1) is 27.6. The van der Waals surface area contributed by atoms with Crippen molar-refractivity contribution in [3.63, 3.8) is 0 Å². The molecule has 4 rings (SSSR count). The van der Waals surface area contributed by atoms with Crippen molar-refractivity contribution < 1.29 is 81.2 Å². The third kappa shape index (κ3) is 9.17. The van der Waals surface area contributed by atoms with Crippen molar-refractivity contribution in [3.8, 4) is 0 Å².